The summed E-state index contributed by atoms with van der Waals surface area (Å²) in [6.07, 6.45) is 3.31. The minimum absolute atomic E-state index is 0.0446. The zero-order valence-corrected chi connectivity index (χ0v) is 9.25. The van der Waals surface area contributed by atoms with Crippen molar-refractivity contribution in [3.63, 3.8) is 0 Å². The highest BCUT2D eigenvalue weighted by atomic mass is 16.5. The molecule has 0 amide bonds. The molecule has 3 rings (SSSR count). The Bertz CT molecular complexity index is 720. The Labute approximate surface area is 99.6 Å². The van der Waals surface area contributed by atoms with Crippen LogP contribution in [0.5, 0.6) is 0 Å². The van der Waals surface area contributed by atoms with E-state index in [1.807, 2.05) is 6.92 Å². The lowest BCUT2D eigenvalue weighted by molar-refractivity contribution is 0.0698. The number of oxazole rings is 1. The number of carbonyl (C=O) groups is 1. The molecule has 0 aromatic carbocycles. The molecule has 3 heterocycles. The zero-order valence-electron chi connectivity index (χ0n) is 9.25. The third kappa shape index (κ3) is 1.35. The molecule has 8 heteroatoms. The van der Waals surface area contributed by atoms with Gasteiger partial charge < -0.3 is 19.8 Å². The molecule has 0 spiro atoms. The smallest absolute Gasteiger partial charge is 0.343 e. The summed E-state index contributed by atoms with van der Waals surface area (Å²) in [5, 5.41) is 12.6. The van der Waals surface area contributed by atoms with E-state index in [0.29, 0.717) is 5.84 Å². The summed E-state index contributed by atoms with van der Waals surface area (Å²) < 4.78 is 11.7. The van der Waals surface area contributed by atoms with E-state index in [2.05, 4.69) is 14.7 Å². The topological polar surface area (TPSA) is 120 Å². The Morgan fingerprint density at radius 2 is 2.28 bits per heavy atom. The van der Waals surface area contributed by atoms with Crippen LogP contribution in [-0.2, 0) is 0 Å². The summed E-state index contributed by atoms with van der Waals surface area (Å²) in [5.41, 5.74) is 6.02. The lowest BCUT2D eigenvalue weighted by Gasteiger charge is -1.91. The minimum atomic E-state index is -1.23. The van der Waals surface area contributed by atoms with E-state index in [9.17, 15) is 4.79 Å². The number of rotatable bonds is 2. The number of carboxylic acid groups (broad SMARTS) is 1. The van der Waals surface area contributed by atoms with Crippen molar-refractivity contribution < 1.29 is 18.8 Å². The van der Waals surface area contributed by atoms with E-state index in [4.69, 9.17) is 15.3 Å². The van der Waals surface area contributed by atoms with E-state index in [0.717, 1.165) is 5.69 Å². The Morgan fingerprint density at radius 3 is 2.94 bits per heavy atom. The van der Waals surface area contributed by atoms with Crippen LogP contribution in [0.15, 0.2) is 21.3 Å². The Morgan fingerprint density at radius 1 is 1.50 bits per heavy atom. The van der Waals surface area contributed by atoms with Gasteiger partial charge in [-0.2, -0.15) is 4.98 Å². The first-order valence-corrected chi connectivity index (χ1v) is 5.00. The molecule has 0 bridgehead atoms. The summed E-state index contributed by atoms with van der Waals surface area (Å²) in [6.45, 7) is 1.82. The normalized spacial score (nSPS) is 11.2. The number of carboxylic acids is 1. The van der Waals surface area contributed by atoms with Crippen molar-refractivity contribution in [3.8, 4) is 11.5 Å². The van der Waals surface area contributed by atoms with Gasteiger partial charge in [0.25, 0.3) is 0 Å². The third-order valence-corrected chi connectivity index (χ3v) is 2.44. The highest BCUT2D eigenvalue weighted by Gasteiger charge is 2.24. The van der Waals surface area contributed by atoms with Gasteiger partial charge in [0.15, 0.2) is 17.0 Å². The van der Waals surface area contributed by atoms with Gasteiger partial charge in [-0.15, -0.1) is 0 Å². The number of nitrogens with zero attached hydrogens (tertiary/aromatic N) is 3. The number of imidazole rings is 1. The first kappa shape index (κ1) is 10.4. The molecule has 3 aromatic heterocycles. The maximum Gasteiger partial charge on any atom is 0.343 e. The molecule has 0 atom stereocenters. The molecule has 8 nitrogen and oxygen atoms in total. The molecule has 0 unspecified atom stereocenters. The average molecular weight is 248 g/mol. The lowest BCUT2D eigenvalue weighted by atomic mass is 10.2. The Balaban J connectivity index is 2.19. The van der Waals surface area contributed by atoms with Crippen LogP contribution in [-0.4, -0.2) is 25.6 Å². The molecule has 18 heavy (non-hydrogen) atoms. The zero-order chi connectivity index (χ0) is 12.9. The van der Waals surface area contributed by atoms with E-state index in [-0.39, 0.29) is 22.9 Å². The largest absolute Gasteiger partial charge is 0.477 e. The number of aryl methyl sites for hydroxylation is 1. The Hall–Kier alpha value is -2.77. The van der Waals surface area contributed by atoms with E-state index in [1.165, 1.54) is 0 Å². The highest BCUT2D eigenvalue weighted by Crippen LogP contribution is 2.28. The van der Waals surface area contributed by atoms with Crippen molar-refractivity contribution in [3.05, 3.63) is 23.7 Å². The van der Waals surface area contributed by atoms with Gasteiger partial charge in [0.2, 0.25) is 5.88 Å². The SMILES string of the molecule is Cc1cn2cc(-c3noc(N)c3C(=O)O)oc2n1. The van der Waals surface area contributed by atoms with Crippen LogP contribution in [0.2, 0.25) is 0 Å². The quantitative estimate of drug-likeness (QED) is 0.698. The maximum absolute atomic E-state index is 11.0. The van der Waals surface area contributed by atoms with Crippen molar-refractivity contribution in [1.82, 2.24) is 14.5 Å². The molecular formula is C10H8N4O4. The molecule has 0 saturated carbocycles. The number of aromatic carboxylic acids is 1. The van der Waals surface area contributed by atoms with Gasteiger partial charge in [0, 0.05) is 6.20 Å². The van der Waals surface area contributed by atoms with Crippen molar-refractivity contribution in [2.75, 3.05) is 5.73 Å². The number of nitrogen functional groups attached to an aromatic ring is 1. The molecule has 3 N–H and O–H groups in total. The van der Waals surface area contributed by atoms with Crippen LogP contribution < -0.4 is 5.73 Å². The van der Waals surface area contributed by atoms with Crippen LogP contribution in [0.25, 0.3) is 17.3 Å². The molecule has 0 aliphatic rings. The number of aromatic nitrogens is 3. The molecule has 92 valence electrons. The molecule has 0 aliphatic carbocycles. The third-order valence-electron chi connectivity index (χ3n) is 2.44. The predicted octanol–water partition coefficient (Wildman–Crippen LogP) is 1.17. The predicted molar refractivity (Wildman–Crippen MR) is 59.1 cm³/mol. The summed E-state index contributed by atoms with van der Waals surface area (Å²) in [6, 6.07) is 0. The number of hydrogen-bond acceptors (Lipinski definition) is 6. The van der Waals surface area contributed by atoms with Crippen LogP contribution in [0, 0.1) is 6.92 Å². The molecule has 3 aromatic rings. The van der Waals surface area contributed by atoms with Gasteiger partial charge in [-0.3, -0.25) is 4.40 Å². The number of anilines is 1. The van der Waals surface area contributed by atoms with Gasteiger partial charge in [-0.25, -0.2) is 4.79 Å². The van der Waals surface area contributed by atoms with Gasteiger partial charge >= 0.3 is 11.8 Å². The minimum Gasteiger partial charge on any atom is -0.477 e. The molecule has 0 radical (unpaired) electrons. The van der Waals surface area contributed by atoms with Gasteiger partial charge in [0.1, 0.15) is 0 Å². The molecule has 0 fully saturated rings. The summed E-state index contributed by atoms with van der Waals surface area (Å²) >= 11 is 0. The number of hydrogen-bond donors (Lipinski definition) is 2. The molecule has 0 saturated heterocycles. The first-order valence-electron chi connectivity index (χ1n) is 5.00. The number of fused-ring (bicyclic) bond motifs is 1. The molecule has 0 aliphatic heterocycles. The van der Waals surface area contributed by atoms with Crippen LogP contribution in [0.1, 0.15) is 16.1 Å². The second-order valence-electron chi connectivity index (χ2n) is 3.74. The second-order valence-corrected chi connectivity index (χ2v) is 3.74. The Kier molecular flexibility index (Phi) is 1.94. The fourth-order valence-corrected chi connectivity index (χ4v) is 1.70. The summed E-state index contributed by atoms with van der Waals surface area (Å²) in [5.74, 6) is -0.910. The molecular weight excluding hydrogens is 240 g/mol. The lowest BCUT2D eigenvalue weighted by Crippen LogP contribution is -2.00. The fraction of sp³-hybridized carbons (Fsp3) is 0.100. The second kappa shape index (κ2) is 3.36. The first-order chi connectivity index (χ1) is 8.56. The highest BCUT2D eigenvalue weighted by molar-refractivity contribution is 5.98. The van der Waals surface area contributed by atoms with E-state index >= 15 is 0 Å². The summed E-state index contributed by atoms with van der Waals surface area (Å²) in [7, 11) is 0. The fourth-order valence-electron chi connectivity index (χ4n) is 1.70. The average Bonchev–Trinajstić information content (AvgIpc) is 2.89. The number of nitrogens with two attached hydrogens (primary N) is 1. The monoisotopic (exact) mass is 248 g/mol. The van der Waals surface area contributed by atoms with Gasteiger partial charge in [-0.05, 0) is 6.92 Å². The maximum atomic E-state index is 11.0. The standard InChI is InChI=1S/C10H8N4O4/c1-4-2-14-3-5(17-10(14)12-4)7-6(9(15)16)8(11)18-13-7/h2-3H,11H2,1H3,(H,15,16). The van der Waals surface area contributed by atoms with Crippen molar-refractivity contribution in [1.29, 1.82) is 0 Å². The summed E-state index contributed by atoms with van der Waals surface area (Å²) in [4.78, 5) is 15.1. The van der Waals surface area contributed by atoms with Crippen LogP contribution in [0.3, 0.4) is 0 Å². The van der Waals surface area contributed by atoms with Crippen molar-refractivity contribution in [2.24, 2.45) is 0 Å². The van der Waals surface area contributed by atoms with Crippen LogP contribution in [0.4, 0.5) is 5.88 Å². The van der Waals surface area contributed by atoms with Crippen molar-refractivity contribution in [2.45, 2.75) is 6.92 Å². The van der Waals surface area contributed by atoms with Gasteiger partial charge in [-0.1, -0.05) is 5.16 Å². The van der Waals surface area contributed by atoms with Crippen LogP contribution >= 0.6 is 0 Å². The van der Waals surface area contributed by atoms with Gasteiger partial charge in [0.05, 0.1) is 11.9 Å². The van der Waals surface area contributed by atoms with E-state index in [1.54, 1.807) is 16.8 Å². The van der Waals surface area contributed by atoms with Crippen molar-refractivity contribution >= 4 is 17.7 Å². The van der Waals surface area contributed by atoms with E-state index < -0.39 is 5.97 Å².